The zero-order chi connectivity index (χ0) is 16.1. The van der Waals surface area contributed by atoms with Crippen molar-refractivity contribution in [1.29, 1.82) is 0 Å². The lowest BCUT2D eigenvalue weighted by atomic mass is 10.2. The van der Waals surface area contributed by atoms with Crippen molar-refractivity contribution in [2.45, 2.75) is 32.3 Å². The molecule has 3 heterocycles. The minimum Gasteiger partial charge on any atom is -0.375 e. The molecule has 2 aromatic heterocycles. The van der Waals surface area contributed by atoms with Gasteiger partial charge in [-0.1, -0.05) is 12.1 Å². The standard InChI is InChI=1S/C16H20N4O3/c1-2-13-11-20(8-9-22-13)15(21)6-5-14-18-16(19-23-14)12-4-3-7-17-10-12/h3-4,7,10,13H,2,5-6,8-9,11H2,1H3/t13-/m0/s1. The van der Waals surface area contributed by atoms with E-state index in [1.54, 1.807) is 12.4 Å². The van der Waals surface area contributed by atoms with Crippen molar-refractivity contribution in [2.75, 3.05) is 19.7 Å². The van der Waals surface area contributed by atoms with E-state index in [0.29, 0.717) is 44.3 Å². The highest BCUT2D eigenvalue weighted by Crippen LogP contribution is 2.15. The van der Waals surface area contributed by atoms with Gasteiger partial charge in [0.05, 0.1) is 12.7 Å². The van der Waals surface area contributed by atoms with Gasteiger partial charge in [0, 0.05) is 43.9 Å². The number of morpholine rings is 1. The number of ether oxygens (including phenoxy) is 1. The molecule has 2 aromatic rings. The monoisotopic (exact) mass is 316 g/mol. The third-order valence-corrected chi connectivity index (χ3v) is 3.89. The Kier molecular flexibility index (Phi) is 4.97. The van der Waals surface area contributed by atoms with Crippen molar-refractivity contribution in [3.8, 4) is 11.4 Å². The van der Waals surface area contributed by atoms with E-state index in [4.69, 9.17) is 9.26 Å². The van der Waals surface area contributed by atoms with E-state index in [1.165, 1.54) is 0 Å². The van der Waals surface area contributed by atoms with Gasteiger partial charge >= 0.3 is 0 Å². The van der Waals surface area contributed by atoms with Crippen LogP contribution >= 0.6 is 0 Å². The molecule has 1 saturated heterocycles. The Bertz CT molecular complexity index is 644. The molecule has 1 atom stereocenters. The summed E-state index contributed by atoms with van der Waals surface area (Å²) >= 11 is 0. The highest BCUT2D eigenvalue weighted by molar-refractivity contribution is 5.76. The molecule has 1 fully saturated rings. The van der Waals surface area contributed by atoms with Gasteiger partial charge in [-0.05, 0) is 18.6 Å². The van der Waals surface area contributed by atoms with Crippen molar-refractivity contribution >= 4 is 5.91 Å². The highest BCUT2D eigenvalue weighted by Gasteiger charge is 2.23. The Labute approximate surface area is 134 Å². The number of aryl methyl sites for hydroxylation is 1. The second kappa shape index (κ2) is 7.32. The summed E-state index contributed by atoms with van der Waals surface area (Å²) in [5, 5.41) is 3.93. The second-order valence-electron chi connectivity index (χ2n) is 5.49. The summed E-state index contributed by atoms with van der Waals surface area (Å²) in [6, 6.07) is 3.68. The van der Waals surface area contributed by atoms with Crippen LogP contribution in [0.4, 0.5) is 0 Å². The van der Waals surface area contributed by atoms with E-state index in [-0.39, 0.29) is 12.0 Å². The van der Waals surface area contributed by atoms with Crippen LogP contribution < -0.4 is 0 Å². The van der Waals surface area contributed by atoms with Crippen LogP contribution in [0, 0.1) is 0 Å². The SMILES string of the molecule is CC[C@H]1CN(C(=O)CCc2nc(-c3cccnc3)no2)CCO1. The van der Waals surface area contributed by atoms with Gasteiger partial charge in [-0.15, -0.1) is 0 Å². The van der Waals surface area contributed by atoms with Crippen LogP contribution in [0.3, 0.4) is 0 Å². The molecule has 7 nitrogen and oxygen atoms in total. The molecule has 122 valence electrons. The molecule has 0 aliphatic carbocycles. The van der Waals surface area contributed by atoms with E-state index in [1.807, 2.05) is 17.0 Å². The lowest BCUT2D eigenvalue weighted by Crippen LogP contribution is -2.45. The molecule has 0 spiro atoms. The number of hydrogen-bond acceptors (Lipinski definition) is 6. The van der Waals surface area contributed by atoms with Gasteiger partial charge < -0.3 is 14.2 Å². The first-order valence-corrected chi connectivity index (χ1v) is 7.88. The molecule has 1 aliphatic heterocycles. The highest BCUT2D eigenvalue weighted by atomic mass is 16.5. The Morgan fingerprint density at radius 3 is 3.17 bits per heavy atom. The smallest absolute Gasteiger partial charge is 0.227 e. The number of rotatable bonds is 5. The molecular weight excluding hydrogens is 296 g/mol. The first-order valence-electron chi connectivity index (χ1n) is 7.88. The normalized spacial score (nSPS) is 18.1. The Morgan fingerprint density at radius 2 is 2.39 bits per heavy atom. The first-order chi connectivity index (χ1) is 11.3. The Balaban J connectivity index is 1.54. The molecule has 0 bridgehead atoms. The summed E-state index contributed by atoms with van der Waals surface area (Å²) in [5.74, 6) is 1.07. The number of aromatic nitrogens is 3. The van der Waals surface area contributed by atoms with Gasteiger partial charge in [-0.25, -0.2) is 0 Å². The van der Waals surface area contributed by atoms with Crippen LogP contribution in [0.15, 0.2) is 29.0 Å². The zero-order valence-corrected chi connectivity index (χ0v) is 13.1. The lowest BCUT2D eigenvalue weighted by molar-refractivity contribution is -0.138. The van der Waals surface area contributed by atoms with E-state index in [2.05, 4.69) is 22.0 Å². The molecule has 23 heavy (non-hydrogen) atoms. The molecule has 0 unspecified atom stereocenters. The molecular formula is C16H20N4O3. The summed E-state index contributed by atoms with van der Waals surface area (Å²) in [5.41, 5.74) is 0.799. The van der Waals surface area contributed by atoms with E-state index in [0.717, 1.165) is 12.0 Å². The number of hydrogen-bond donors (Lipinski definition) is 0. The van der Waals surface area contributed by atoms with E-state index >= 15 is 0 Å². The van der Waals surface area contributed by atoms with Gasteiger partial charge in [0.1, 0.15) is 0 Å². The predicted molar refractivity (Wildman–Crippen MR) is 82.5 cm³/mol. The minimum atomic E-state index is 0.105. The van der Waals surface area contributed by atoms with Gasteiger partial charge in [-0.3, -0.25) is 9.78 Å². The third-order valence-electron chi connectivity index (χ3n) is 3.89. The van der Waals surface area contributed by atoms with Crippen LogP contribution in [0.1, 0.15) is 25.7 Å². The topological polar surface area (TPSA) is 81.4 Å². The number of nitrogens with zero attached hydrogens (tertiary/aromatic N) is 4. The van der Waals surface area contributed by atoms with Crippen LogP contribution in [0.2, 0.25) is 0 Å². The lowest BCUT2D eigenvalue weighted by Gasteiger charge is -2.32. The van der Waals surface area contributed by atoms with Crippen molar-refractivity contribution in [2.24, 2.45) is 0 Å². The molecule has 0 N–H and O–H groups in total. The number of carbonyl (C=O) groups is 1. The second-order valence-corrected chi connectivity index (χ2v) is 5.49. The maximum atomic E-state index is 12.3. The summed E-state index contributed by atoms with van der Waals surface area (Å²) in [6.45, 7) is 3.99. The maximum Gasteiger partial charge on any atom is 0.227 e. The fourth-order valence-corrected chi connectivity index (χ4v) is 2.53. The molecule has 1 aliphatic rings. The predicted octanol–water partition coefficient (Wildman–Crippen LogP) is 1.70. The minimum absolute atomic E-state index is 0.105. The van der Waals surface area contributed by atoms with Crippen LogP contribution in [0.5, 0.6) is 0 Å². The molecule has 1 amide bonds. The average Bonchev–Trinajstić information content (AvgIpc) is 3.09. The van der Waals surface area contributed by atoms with Crippen molar-refractivity contribution in [3.05, 3.63) is 30.4 Å². The fourth-order valence-electron chi connectivity index (χ4n) is 2.53. The molecule has 0 saturated carbocycles. The van der Waals surface area contributed by atoms with E-state index < -0.39 is 0 Å². The summed E-state index contributed by atoms with van der Waals surface area (Å²) in [6.07, 6.45) is 5.24. The van der Waals surface area contributed by atoms with Crippen molar-refractivity contribution in [3.63, 3.8) is 0 Å². The number of carbonyl (C=O) groups excluding carboxylic acids is 1. The molecule has 0 aromatic carbocycles. The maximum absolute atomic E-state index is 12.3. The Morgan fingerprint density at radius 1 is 1.48 bits per heavy atom. The quantitative estimate of drug-likeness (QED) is 0.835. The van der Waals surface area contributed by atoms with Crippen LogP contribution in [-0.4, -0.2) is 51.7 Å². The first kappa shape index (κ1) is 15.6. The largest absolute Gasteiger partial charge is 0.375 e. The average molecular weight is 316 g/mol. The number of pyridine rings is 1. The summed E-state index contributed by atoms with van der Waals surface area (Å²) in [7, 11) is 0. The van der Waals surface area contributed by atoms with E-state index in [9.17, 15) is 4.79 Å². The van der Waals surface area contributed by atoms with Gasteiger partial charge in [0.25, 0.3) is 0 Å². The molecule has 0 radical (unpaired) electrons. The molecule has 3 rings (SSSR count). The summed E-state index contributed by atoms with van der Waals surface area (Å²) in [4.78, 5) is 22.5. The van der Waals surface area contributed by atoms with Crippen molar-refractivity contribution in [1.82, 2.24) is 20.0 Å². The van der Waals surface area contributed by atoms with Gasteiger partial charge in [0.15, 0.2) is 0 Å². The van der Waals surface area contributed by atoms with Crippen LogP contribution in [-0.2, 0) is 16.0 Å². The van der Waals surface area contributed by atoms with Gasteiger partial charge in [0.2, 0.25) is 17.6 Å². The van der Waals surface area contributed by atoms with Crippen LogP contribution in [0.25, 0.3) is 11.4 Å². The Hall–Kier alpha value is -2.28. The van der Waals surface area contributed by atoms with Crippen molar-refractivity contribution < 1.29 is 14.1 Å². The number of amides is 1. The fraction of sp³-hybridized carbons (Fsp3) is 0.500. The zero-order valence-electron chi connectivity index (χ0n) is 13.1. The summed E-state index contributed by atoms with van der Waals surface area (Å²) < 4.78 is 10.8. The molecule has 7 heteroatoms. The third kappa shape index (κ3) is 3.92. The van der Waals surface area contributed by atoms with Gasteiger partial charge in [-0.2, -0.15) is 4.98 Å².